The third-order valence-corrected chi connectivity index (χ3v) is 4.10. The van der Waals surface area contributed by atoms with Gasteiger partial charge in [-0.15, -0.1) is 0 Å². The molecule has 5 heteroatoms. The second kappa shape index (κ2) is 8.06. The summed E-state index contributed by atoms with van der Waals surface area (Å²) in [6, 6.07) is 9.72. The van der Waals surface area contributed by atoms with Gasteiger partial charge in [0.2, 0.25) is 0 Å². The number of aromatic hydroxyl groups is 1. The maximum absolute atomic E-state index is 14.5. The molecule has 1 atom stereocenters. The molecule has 4 nitrogen and oxygen atoms in total. The molecule has 0 amide bonds. The first-order valence-electron chi connectivity index (χ1n) is 8.63. The third kappa shape index (κ3) is 4.43. The number of aliphatic hydroxyl groups is 1. The van der Waals surface area contributed by atoms with E-state index in [-0.39, 0.29) is 17.7 Å². The van der Waals surface area contributed by atoms with Gasteiger partial charge in [0.05, 0.1) is 29.0 Å². The van der Waals surface area contributed by atoms with Gasteiger partial charge in [-0.05, 0) is 56.0 Å². The second-order valence-electron chi connectivity index (χ2n) is 6.35. The van der Waals surface area contributed by atoms with E-state index in [1.165, 1.54) is 24.4 Å². The topological polar surface area (TPSA) is 66.2 Å². The van der Waals surface area contributed by atoms with Gasteiger partial charge in [0.1, 0.15) is 11.6 Å². The molecule has 1 heterocycles. The minimum absolute atomic E-state index is 0.121. The van der Waals surface area contributed by atoms with E-state index in [1.807, 2.05) is 18.2 Å². The number of hydrogen-bond donors (Lipinski definition) is 2. The van der Waals surface area contributed by atoms with Crippen LogP contribution in [0.3, 0.4) is 0 Å². The van der Waals surface area contributed by atoms with Crippen LogP contribution in [0.5, 0.6) is 5.75 Å². The summed E-state index contributed by atoms with van der Waals surface area (Å²) < 4.78 is 14.5. The van der Waals surface area contributed by atoms with E-state index >= 15 is 0 Å². The monoisotopic (exact) mass is 352 g/mol. The van der Waals surface area contributed by atoms with Gasteiger partial charge in [-0.25, -0.2) is 9.37 Å². The molecular weight excluding hydrogens is 331 g/mol. The summed E-state index contributed by atoms with van der Waals surface area (Å²) in [5.41, 5.74) is 2.78. The van der Waals surface area contributed by atoms with Crippen LogP contribution in [0.1, 0.15) is 31.7 Å². The highest BCUT2D eigenvalue weighted by molar-refractivity contribution is 5.78. The summed E-state index contributed by atoms with van der Waals surface area (Å²) in [6.45, 7) is 1.77. The van der Waals surface area contributed by atoms with Crippen molar-refractivity contribution >= 4 is 17.1 Å². The van der Waals surface area contributed by atoms with Crippen LogP contribution in [0.2, 0.25) is 0 Å². The molecule has 0 spiro atoms. The Labute approximate surface area is 151 Å². The Balaban J connectivity index is 1.77. The van der Waals surface area contributed by atoms with E-state index < -0.39 is 0 Å². The highest BCUT2D eigenvalue weighted by atomic mass is 19.1. The molecule has 1 aromatic heterocycles. The number of aromatic nitrogens is 2. The Bertz CT molecular complexity index is 938. The molecule has 2 N–H and O–H groups in total. The van der Waals surface area contributed by atoms with Crippen molar-refractivity contribution in [1.82, 2.24) is 9.97 Å². The molecule has 3 aromatic rings. The SMILES string of the molecule is CC(O)CCCC=Cc1ccc(-c2cnc3cc(O)ccc3n2)c(F)c1. The van der Waals surface area contributed by atoms with Crippen molar-refractivity contribution in [3.05, 3.63) is 60.1 Å². The molecule has 0 saturated heterocycles. The molecule has 0 radical (unpaired) electrons. The van der Waals surface area contributed by atoms with Gasteiger partial charge >= 0.3 is 0 Å². The summed E-state index contributed by atoms with van der Waals surface area (Å²) in [4.78, 5) is 8.67. The summed E-state index contributed by atoms with van der Waals surface area (Å²) in [5.74, 6) is -0.237. The summed E-state index contributed by atoms with van der Waals surface area (Å²) in [5, 5.41) is 18.7. The number of fused-ring (bicyclic) bond motifs is 1. The van der Waals surface area contributed by atoms with Crippen LogP contribution in [0, 0.1) is 5.82 Å². The Morgan fingerprint density at radius 1 is 1.15 bits per heavy atom. The van der Waals surface area contributed by atoms with E-state index in [1.54, 1.807) is 19.1 Å². The predicted octanol–water partition coefficient (Wildman–Crippen LogP) is 4.71. The number of phenolic OH excluding ortho intramolecular Hbond substituents is 1. The molecule has 0 fully saturated rings. The summed E-state index contributed by atoms with van der Waals surface area (Å²) >= 11 is 0. The van der Waals surface area contributed by atoms with Crippen LogP contribution in [0.4, 0.5) is 4.39 Å². The minimum Gasteiger partial charge on any atom is -0.508 e. The maximum atomic E-state index is 14.5. The maximum Gasteiger partial charge on any atom is 0.133 e. The first-order valence-corrected chi connectivity index (χ1v) is 8.63. The number of allylic oxidation sites excluding steroid dienone is 1. The van der Waals surface area contributed by atoms with Gasteiger partial charge in [-0.3, -0.25) is 4.98 Å². The lowest BCUT2D eigenvalue weighted by molar-refractivity contribution is 0.182. The lowest BCUT2D eigenvalue weighted by Crippen LogP contribution is -1.97. The smallest absolute Gasteiger partial charge is 0.133 e. The fraction of sp³-hybridized carbons (Fsp3) is 0.238. The van der Waals surface area contributed by atoms with Gasteiger partial charge < -0.3 is 10.2 Å². The molecule has 1 unspecified atom stereocenters. The van der Waals surface area contributed by atoms with E-state index in [0.29, 0.717) is 22.3 Å². The number of unbranched alkanes of at least 4 members (excludes halogenated alkanes) is 1. The molecule has 0 aliphatic heterocycles. The quantitative estimate of drug-likeness (QED) is 0.631. The van der Waals surface area contributed by atoms with Crippen molar-refractivity contribution in [2.45, 2.75) is 32.3 Å². The Morgan fingerprint density at radius 3 is 2.77 bits per heavy atom. The summed E-state index contributed by atoms with van der Waals surface area (Å²) in [7, 11) is 0. The lowest BCUT2D eigenvalue weighted by atomic mass is 10.1. The van der Waals surface area contributed by atoms with Gasteiger partial charge in [-0.1, -0.05) is 18.2 Å². The number of hydrogen-bond acceptors (Lipinski definition) is 4. The number of benzene rings is 2. The fourth-order valence-corrected chi connectivity index (χ4v) is 2.72. The highest BCUT2D eigenvalue weighted by Gasteiger charge is 2.09. The van der Waals surface area contributed by atoms with E-state index in [0.717, 1.165) is 24.8 Å². The van der Waals surface area contributed by atoms with Crippen LogP contribution < -0.4 is 0 Å². The molecule has 0 saturated carbocycles. The average Bonchev–Trinajstić information content (AvgIpc) is 2.61. The van der Waals surface area contributed by atoms with Crippen LogP contribution in [0.15, 0.2) is 48.7 Å². The number of rotatable bonds is 6. The normalized spacial score (nSPS) is 12.7. The standard InChI is InChI=1S/C21H21FN2O2/c1-14(25)5-3-2-4-6-15-7-9-17(18(22)11-15)21-13-23-20-12-16(26)8-10-19(20)24-21/h4,6-14,25-26H,2-3,5H2,1H3. The highest BCUT2D eigenvalue weighted by Crippen LogP contribution is 2.25. The zero-order valence-electron chi connectivity index (χ0n) is 14.6. The van der Waals surface area contributed by atoms with Crippen molar-refractivity contribution in [1.29, 1.82) is 0 Å². The molecule has 0 aliphatic rings. The first-order chi connectivity index (χ1) is 12.5. The Morgan fingerprint density at radius 2 is 2.00 bits per heavy atom. The number of aliphatic hydroxyl groups excluding tert-OH is 1. The molecular formula is C21H21FN2O2. The van der Waals surface area contributed by atoms with Gasteiger partial charge in [0, 0.05) is 11.6 Å². The second-order valence-corrected chi connectivity index (χ2v) is 6.35. The fourth-order valence-electron chi connectivity index (χ4n) is 2.72. The molecule has 3 rings (SSSR count). The Hall–Kier alpha value is -2.79. The third-order valence-electron chi connectivity index (χ3n) is 4.10. The van der Waals surface area contributed by atoms with Crippen LogP contribution in [0.25, 0.3) is 28.4 Å². The van der Waals surface area contributed by atoms with Crippen molar-refractivity contribution in [3.63, 3.8) is 0 Å². The molecule has 26 heavy (non-hydrogen) atoms. The zero-order valence-corrected chi connectivity index (χ0v) is 14.6. The minimum atomic E-state index is -0.358. The molecule has 0 bridgehead atoms. The molecule has 0 aliphatic carbocycles. The number of phenols is 1. The number of nitrogens with zero attached hydrogens (tertiary/aromatic N) is 2. The Kier molecular flexibility index (Phi) is 5.58. The number of halogens is 1. The van der Waals surface area contributed by atoms with Crippen LogP contribution in [-0.4, -0.2) is 26.3 Å². The molecule has 2 aromatic carbocycles. The van der Waals surface area contributed by atoms with Gasteiger partial charge in [0.15, 0.2) is 0 Å². The first kappa shape index (κ1) is 18.0. The average molecular weight is 352 g/mol. The predicted molar refractivity (Wildman–Crippen MR) is 101 cm³/mol. The van der Waals surface area contributed by atoms with Gasteiger partial charge in [-0.2, -0.15) is 0 Å². The molecule has 134 valence electrons. The summed E-state index contributed by atoms with van der Waals surface area (Å²) in [6.07, 6.45) is 7.59. The lowest BCUT2D eigenvalue weighted by Gasteiger charge is -2.05. The van der Waals surface area contributed by atoms with Crippen molar-refractivity contribution in [2.24, 2.45) is 0 Å². The van der Waals surface area contributed by atoms with E-state index in [4.69, 9.17) is 0 Å². The van der Waals surface area contributed by atoms with E-state index in [2.05, 4.69) is 9.97 Å². The van der Waals surface area contributed by atoms with Gasteiger partial charge in [0.25, 0.3) is 0 Å². The van der Waals surface area contributed by atoms with E-state index in [9.17, 15) is 14.6 Å². The largest absolute Gasteiger partial charge is 0.508 e. The van der Waals surface area contributed by atoms with Crippen LogP contribution >= 0.6 is 0 Å². The van der Waals surface area contributed by atoms with Crippen molar-refractivity contribution in [2.75, 3.05) is 0 Å². The van der Waals surface area contributed by atoms with Crippen LogP contribution in [-0.2, 0) is 0 Å². The zero-order chi connectivity index (χ0) is 18.5. The van der Waals surface area contributed by atoms with Crippen molar-refractivity contribution < 1.29 is 14.6 Å². The van der Waals surface area contributed by atoms with Crippen molar-refractivity contribution in [3.8, 4) is 17.0 Å².